The molecule has 122 valence electrons. The van der Waals surface area contributed by atoms with E-state index in [1.807, 2.05) is 42.0 Å². The quantitative estimate of drug-likeness (QED) is 0.837. The molecule has 2 rings (SSSR count). The molecule has 1 aromatic rings. The van der Waals surface area contributed by atoms with Crippen LogP contribution in [0.5, 0.6) is 0 Å². The number of likely N-dealkylation sites (tertiary alicyclic amines) is 1. The molecule has 0 radical (unpaired) electrons. The molecule has 0 bridgehead atoms. The summed E-state index contributed by atoms with van der Waals surface area (Å²) in [6.45, 7) is 4.80. The molecule has 1 heterocycles. The van der Waals surface area contributed by atoms with Crippen LogP contribution in [-0.4, -0.2) is 59.6 Å². The minimum absolute atomic E-state index is 0.0906. The first kappa shape index (κ1) is 17.0. The van der Waals surface area contributed by atoms with Crippen LogP contribution in [0, 0.1) is 0 Å². The van der Waals surface area contributed by atoms with E-state index in [4.69, 9.17) is 0 Å². The molecule has 0 unspecified atom stereocenters. The maximum atomic E-state index is 12.6. The Balaban J connectivity index is 1.87. The van der Waals surface area contributed by atoms with Crippen LogP contribution in [0.15, 0.2) is 30.3 Å². The van der Waals surface area contributed by atoms with Crippen LogP contribution in [0.1, 0.15) is 31.7 Å². The van der Waals surface area contributed by atoms with Gasteiger partial charge in [0, 0.05) is 19.6 Å². The van der Waals surface area contributed by atoms with Crippen LogP contribution in [-0.2, 0) is 11.2 Å². The summed E-state index contributed by atoms with van der Waals surface area (Å²) in [5, 5.41) is 10.7. The second-order valence-corrected chi connectivity index (χ2v) is 6.35. The van der Waals surface area contributed by atoms with Crippen molar-refractivity contribution in [2.45, 2.75) is 38.2 Å². The number of amides is 1. The summed E-state index contributed by atoms with van der Waals surface area (Å²) in [4.78, 5) is 16.4. The maximum absolute atomic E-state index is 12.6. The topological polar surface area (TPSA) is 43.8 Å². The fourth-order valence-electron chi connectivity index (χ4n) is 3.10. The number of benzene rings is 1. The van der Waals surface area contributed by atoms with Gasteiger partial charge in [-0.15, -0.1) is 0 Å². The van der Waals surface area contributed by atoms with E-state index in [1.54, 1.807) is 0 Å². The summed E-state index contributed by atoms with van der Waals surface area (Å²) in [5.74, 6) is -0.0906. The lowest BCUT2D eigenvalue weighted by molar-refractivity contribution is -0.159. The van der Waals surface area contributed by atoms with Crippen LogP contribution in [0.3, 0.4) is 0 Å². The van der Waals surface area contributed by atoms with Crippen molar-refractivity contribution >= 4 is 5.91 Å². The summed E-state index contributed by atoms with van der Waals surface area (Å²) in [7, 11) is 1.94. The summed E-state index contributed by atoms with van der Waals surface area (Å²) < 4.78 is 0. The van der Waals surface area contributed by atoms with Crippen molar-refractivity contribution < 1.29 is 9.90 Å². The Bertz CT molecular complexity index is 477. The van der Waals surface area contributed by atoms with Gasteiger partial charge in [0.15, 0.2) is 5.60 Å². The van der Waals surface area contributed by atoms with Gasteiger partial charge in [0.1, 0.15) is 0 Å². The first-order valence-electron chi connectivity index (χ1n) is 8.29. The summed E-state index contributed by atoms with van der Waals surface area (Å²) >= 11 is 0. The normalized spacial score (nSPS) is 22.4. The molecule has 1 aliphatic rings. The van der Waals surface area contributed by atoms with E-state index >= 15 is 0 Å². The summed E-state index contributed by atoms with van der Waals surface area (Å²) in [6, 6.07) is 10.3. The third-order valence-electron chi connectivity index (χ3n) is 4.51. The van der Waals surface area contributed by atoms with Gasteiger partial charge in [0.25, 0.3) is 5.91 Å². The molecule has 4 heteroatoms. The Labute approximate surface area is 133 Å². The van der Waals surface area contributed by atoms with E-state index in [2.05, 4.69) is 12.1 Å². The van der Waals surface area contributed by atoms with Crippen molar-refractivity contribution in [2.24, 2.45) is 0 Å². The van der Waals surface area contributed by atoms with Gasteiger partial charge in [-0.3, -0.25) is 4.79 Å². The lowest BCUT2D eigenvalue weighted by Crippen LogP contribution is -2.58. The minimum atomic E-state index is -1.20. The fourth-order valence-corrected chi connectivity index (χ4v) is 3.10. The zero-order chi connectivity index (χ0) is 16.0. The Hall–Kier alpha value is -1.39. The van der Waals surface area contributed by atoms with Crippen molar-refractivity contribution in [3.05, 3.63) is 35.9 Å². The van der Waals surface area contributed by atoms with Gasteiger partial charge < -0.3 is 14.9 Å². The summed E-state index contributed by atoms with van der Waals surface area (Å²) in [5.41, 5.74) is 0.100. The Kier molecular flexibility index (Phi) is 5.98. The number of carbonyl (C=O) groups excluding carboxylic acids is 1. The SMILES string of the molecule is CCN(C)C[C@]1(O)CCCN(CCCc2ccccc2)C1=O. The smallest absolute Gasteiger partial charge is 0.255 e. The third-order valence-corrected chi connectivity index (χ3v) is 4.51. The lowest BCUT2D eigenvalue weighted by Gasteiger charge is -2.40. The van der Waals surface area contributed by atoms with Crippen molar-refractivity contribution in [1.29, 1.82) is 0 Å². The standard InChI is InChI=1S/C18H28N2O2/c1-3-19(2)15-18(22)12-8-14-20(17(18)21)13-7-11-16-9-5-4-6-10-16/h4-6,9-10,22H,3,7-8,11-15H2,1-2H3/t18-/m1/s1. The van der Waals surface area contributed by atoms with Crippen LogP contribution in [0.2, 0.25) is 0 Å². The third kappa shape index (κ3) is 4.31. The number of piperidine rings is 1. The van der Waals surface area contributed by atoms with E-state index < -0.39 is 5.60 Å². The van der Waals surface area contributed by atoms with Gasteiger partial charge in [-0.2, -0.15) is 0 Å². The number of rotatable bonds is 7. The largest absolute Gasteiger partial charge is 0.379 e. The molecular formula is C18H28N2O2. The average molecular weight is 304 g/mol. The van der Waals surface area contributed by atoms with E-state index in [1.165, 1.54) is 5.56 Å². The lowest BCUT2D eigenvalue weighted by atomic mass is 9.91. The van der Waals surface area contributed by atoms with Crippen molar-refractivity contribution in [2.75, 3.05) is 33.2 Å². The molecule has 1 atom stereocenters. The average Bonchev–Trinajstić information content (AvgIpc) is 2.52. The monoisotopic (exact) mass is 304 g/mol. The number of nitrogens with zero attached hydrogens (tertiary/aromatic N) is 2. The van der Waals surface area contributed by atoms with Crippen LogP contribution < -0.4 is 0 Å². The second-order valence-electron chi connectivity index (χ2n) is 6.35. The fraction of sp³-hybridized carbons (Fsp3) is 0.611. The zero-order valence-electron chi connectivity index (χ0n) is 13.8. The number of aryl methyl sites for hydroxylation is 1. The minimum Gasteiger partial charge on any atom is -0.379 e. The molecule has 1 saturated heterocycles. The molecule has 0 aromatic heterocycles. The number of hydrogen-bond acceptors (Lipinski definition) is 3. The zero-order valence-corrected chi connectivity index (χ0v) is 13.8. The molecular weight excluding hydrogens is 276 g/mol. The number of hydrogen-bond donors (Lipinski definition) is 1. The Morgan fingerprint density at radius 2 is 2.05 bits per heavy atom. The van der Waals surface area contributed by atoms with Crippen molar-refractivity contribution in [3.63, 3.8) is 0 Å². The van der Waals surface area contributed by atoms with Crippen molar-refractivity contribution in [3.8, 4) is 0 Å². The van der Waals surface area contributed by atoms with Gasteiger partial charge >= 0.3 is 0 Å². The van der Waals surface area contributed by atoms with Crippen LogP contribution >= 0.6 is 0 Å². The molecule has 1 fully saturated rings. The molecule has 1 aromatic carbocycles. The second kappa shape index (κ2) is 7.75. The molecule has 1 aliphatic heterocycles. The predicted molar refractivity (Wildman–Crippen MR) is 88.7 cm³/mol. The number of aliphatic hydroxyl groups is 1. The van der Waals surface area contributed by atoms with E-state index in [0.29, 0.717) is 13.0 Å². The Morgan fingerprint density at radius 1 is 1.32 bits per heavy atom. The van der Waals surface area contributed by atoms with Gasteiger partial charge in [0.05, 0.1) is 0 Å². The van der Waals surface area contributed by atoms with Gasteiger partial charge in [0.2, 0.25) is 0 Å². The van der Waals surface area contributed by atoms with Gasteiger partial charge in [-0.05, 0) is 44.8 Å². The number of likely N-dealkylation sites (N-methyl/N-ethyl adjacent to an activating group) is 1. The predicted octanol–water partition coefficient (Wildman–Crippen LogP) is 1.92. The molecule has 22 heavy (non-hydrogen) atoms. The molecule has 1 N–H and O–H groups in total. The Morgan fingerprint density at radius 3 is 2.73 bits per heavy atom. The molecule has 0 spiro atoms. The first-order chi connectivity index (χ1) is 10.5. The van der Waals surface area contributed by atoms with E-state index in [9.17, 15) is 9.90 Å². The van der Waals surface area contributed by atoms with E-state index in [-0.39, 0.29) is 5.91 Å². The first-order valence-corrected chi connectivity index (χ1v) is 8.29. The summed E-state index contributed by atoms with van der Waals surface area (Å²) in [6.07, 6.45) is 3.36. The highest BCUT2D eigenvalue weighted by Crippen LogP contribution is 2.24. The molecule has 4 nitrogen and oxygen atoms in total. The highest BCUT2D eigenvalue weighted by Gasteiger charge is 2.42. The van der Waals surface area contributed by atoms with Gasteiger partial charge in [-0.1, -0.05) is 37.3 Å². The van der Waals surface area contributed by atoms with Crippen LogP contribution in [0.25, 0.3) is 0 Å². The molecule has 1 amide bonds. The van der Waals surface area contributed by atoms with E-state index in [0.717, 1.165) is 38.9 Å². The highest BCUT2D eigenvalue weighted by molar-refractivity contribution is 5.86. The van der Waals surface area contributed by atoms with Crippen LogP contribution in [0.4, 0.5) is 0 Å². The van der Waals surface area contributed by atoms with Crippen molar-refractivity contribution in [1.82, 2.24) is 9.80 Å². The number of carbonyl (C=O) groups is 1. The van der Waals surface area contributed by atoms with Gasteiger partial charge in [-0.25, -0.2) is 0 Å². The maximum Gasteiger partial charge on any atom is 0.255 e. The molecule has 0 saturated carbocycles. The highest BCUT2D eigenvalue weighted by atomic mass is 16.3. The molecule has 0 aliphatic carbocycles.